The van der Waals surface area contributed by atoms with Crippen LogP contribution in [0.5, 0.6) is 0 Å². The van der Waals surface area contributed by atoms with E-state index in [9.17, 15) is 14.7 Å². The second-order valence-electron chi connectivity index (χ2n) is 5.54. The number of carboxylic acid groups (broad SMARTS) is 1. The van der Waals surface area contributed by atoms with Crippen LogP contribution in [0.25, 0.3) is 5.69 Å². The Morgan fingerprint density at radius 3 is 2.12 bits per heavy atom. The number of nitrogens with one attached hydrogen (secondary N) is 1. The van der Waals surface area contributed by atoms with E-state index in [2.05, 4.69) is 25.7 Å². The van der Waals surface area contributed by atoms with Gasteiger partial charge in [0.05, 0.1) is 11.7 Å². The molecule has 0 bridgehead atoms. The van der Waals surface area contributed by atoms with E-state index in [1.54, 1.807) is 36.4 Å². The van der Waals surface area contributed by atoms with Gasteiger partial charge in [-0.25, -0.2) is 18.4 Å². The molecule has 158 valence electrons. The second kappa shape index (κ2) is 13.8. The quantitative estimate of drug-likeness (QED) is 0.0692. The first-order chi connectivity index (χ1) is 14.1. The van der Waals surface area contributed by atoms with Crippen molar-refractivity contribution in [3.8, 4) is 5.69 Å². The van der Waals surface area contributed by atoms with Crippen LogP contribution in [0.15, 0.2) is 63.6 Å². The number of aromatic carboxylic acids is 1. The molecule has 0 saturated carbocycles. The molecule has 3 rings (SSSR count). The fourth-order valence-corrected chi connectivity index (χ4v) is 2.09. The fourth-order valence-electron chi connectivity index (χ4n) is 2.09. The summed E-state index contributed by atoms with van der Waals surface area (Å²) >= 11 is 0. The molecule has 0 fully saturated rings. The number of nitrogens with zero attached hydrogens (tertiary/aromatic N) is 3. The number of hydrogen-bond donors (Lipinski definition) is 2. The average molecular weight is 479 g/mol. The molecule has 0 spiro atoms. The van der Waals surface area contributed by atoms with E-state index in [0.29, 0.717) is 11.4 Å². The number of benzene rings is 2. The van der Waals surface area contributed by atoms with Crippen molar-refractivity contribution < 1.29 is 91.6 Å². The summed E-state index contributed by atoms with van der Waals surface area (Å²) < 4.78 is 30.4. The number of hydrogen-bond acceptors (Lipinski definition) is 10. The van der Waals surface area contributed by atoms with Crippen molar-refractivity contribution in [2.24, 2.45) is 10.2 Å². The van der Waals surface area contributed by atoms with E-state index in [1.165, 1.54) is 0 Å². The number of azo groups is 1. The van der Waals surface area contributed by atoms with Crippen LogP contribution in [0.3, 0.4) is 0 Å². The molecule has 1 aromatic heterocycles. The van der Waals surface area contributed by atoms with Crippen molar-refractivity contribution in [3.05, 3.63) is 76.2 Å². The Balaban J connectivity index is 0.00000107. The number of aromatic nitrogens is 2. The molecule has 0 aliphatic carbocycles. The first kappa shape index (κ1) is 30.4. The van der Waals surface area contributed by atoms with E-state index >= 15 is 0 Å². The molecule has 0 radical (unpaired) electrons. The van der Waals surface area contributed by atoms with Gasteiger partial charge in [-0.3, -0.25) is 9.89 Å². The minimum atomic E-state index is -4.86. The molecule has 1 heterocycles. The summed E-state index contributed by atoms with van der Waals surface area (Å²) in [4.78, 5) is 23.8. The number of H-pyrrole nitrogens is 1. The minimum Gasteiger partial charge on any atom is -0.724 e. The molecular formula is C17H13N4Na2O8S-. The number of carboxylic acids is 1. The Bertz CT molecular complexity index is 1210. The van der Waals surface area contributed by atoms with Gasteiger partial charge in [-0.2, -0.15) is 23.3 Å². The third-order valence-electron chi connectivity index (χ3n) is 3.42. The van der Waals surface area contributed by atoms with E-state index in [4.69, 9.17) is 18.2 Å². The third kappa shape index (κ3) is 9.07. The van der Waals surface area contributed by atoms with Crippen LogP contribution in [0.4, 0.5) is 11.4 Å². The largest absolute Gasteiger partial charge is 1.00 e. The normalized spacial score (nSPS) is 10.5. The molecule has 0 saturated heterocycles. The summed E-state index contributed by atoms with van der Waals surface area (Å²) in [5.74, 6) is -1.53. The second-order valence-corrected chi connectivity index (χ2v) is 6.51. The van der Waals surface area contributed by atoms with Gasteiger partial charge in [0.15, 0.2) is 5.69 Å². The van der Waals surface area contributed by atoms with Crippen LogP contribution >= 0.6 is 0 Å². The Morgan fingerprint density at radius 2 is 1.66 bits per heavy atom. The summed E-state index contributed by atoms with van der Waals surface area (Å²) in [6.07, 6.45) is 0. The summed E-state index contributed by atoms with van der Waals surface area (Å²) in [5, 5.41) is 28.5. The van der Waals surface area contributed by atoms with Gasteiger partial charge in [0.25, 0.3) is 5.56 Å². The Labute approximate surface area is 226 Å². The maximum Gasteiger partial charge on any atom is 1.00 e. The van der Waals surface area contributed by atoms with Gasteiger partial charge in [-0.15, -0.1) is 21.6 Å². The van der Waals surface area contributed by atoms with Crippen LogP contribution in [0, 0.1) is 13.0 Å². The molecule has 0 unspecified atom stereocenters. The third-order valence-corrected chi connectivity index (χ3v) is 3.60. The standard InChI is InChI=1S/C17H13N4O3.2Na.H2O5S/c1-11-7-9-13(10-8-11)21-16(22)14(15(20-21)17(23)24)19-18-12-5-3-2-4-6-12;;;1-5-6(2,3)4/h3-10,20H,1H3,(H,23,24);;;1H,(H,2,3,4)/q-1;2*+1;/p-2. The maximum absolute atomic E-state index is 12.5. The minimum absolute atomic E-state index is 0. The molecule has 0 aliphatic heterocycles. The molecule has 12 nitrogen and oxygen atoms in total. The van der Waals surface area contributed by atoms with Crippen molar-refractivity contribution in [1.82, 2.24) is 9.78 Å². The number of aryl methyl sites for hydroxylation is 1. The predicted molar refractivity (Wildman–Crippen MR) is 98.3 cm³/mol. The molecule has 0 aliphatic rings. The van der Waals surface area contributed by atoms with Crippen LogP contribution < -0.4 is 69.8 Å². The summed E-state index contributed by atoms with van der Waals surface area (Å²) in [6.45, 7) is 1.91. The Morgan fingerprint density at radius 1 is 1.12 bits per heavy atom. The molecule has 2 aromatic carbocycles. The summed E-state index contributed by atoms with van der Waals surface area (Å²) in [7, 11) is -4.86. The van der Waals surface area contributed by atoms with Gasteiger partial charge >= 0.3 is 59.1 Å². The van der Waals surface area contributed by atoms with Crippen molar-refractivity contribution >= 4 is 27.7 Å². The van der Waals surface area contributed by atoms with Crippen LogP contribution in [0.2, 0.25) is 0 Å². The molecular weight excluding hydrogens is 466 g/mol. The van der Waals surface area contributed by atoms with Gasteiger partial charge in [-0.05, 0) is 24.7 Å². The topological polar surface area (TPSA) is 189 Å². The predicted octanol–water partition coefficient (Wildman–Crippen LogP) is -5.00. The molecule has 32 heavy (non-hydrogen) atoms. The molecule has 2 N–H and O–H groups in total. The van der Waals surface area contributed by atoms with Gasteiger partial charge in [0.1, 0.15) is 5.69 Å². The van der Waals surface area contributed by atoms with Crippen LogP contribution in [0.1, 0.15) is 16.1 Å². The number of carbonyl (C=O) groups is 1. The van der Waals surface area contributed by atoms with Crippen molar-refractivity contribution in [2.45, 2.75) is 6.92 Å². The van der Waals surface area contributed by atoms with Crippen molar-refractivity contribution in [1.29, 1.82) is 0 Å². The van der Waals surface area contributed by atoms with Gasteiger partial charge < -0.3 is 14.5 Å². The molecule has 15 heteroatoms. The molecule has 0 amide bonds. The van der Waals surface area contributed by atoms with E-state index < -0.39 is 27.6 Å². The van der Waals surface area contributed by atoms with Gasteiger partial charge in [0.2, 0.25) is 10.4 Å². The fraction of sp³-hybridized carbons (Fsp3) is 0.0588. The monoisotopic (exact) mass is 479 g/mol. The number of aromatic amines is 1. The Kier molecular flexibility index (Phi) is 13.1. The van der Waals surface area contributed by atoms with Gasteiger partial charge in [0, 0.05) is 0 Å². The molecule has 3 aromatic rings. The Hall–Kier alpha value is -1.65. The van der Waals surface area contributed by atoms with E-state index in [1.807, 2.05) is 19.1 Å². The molecule has 0 atom stereocenters. The van der Waals surface area contributed by atoms with Crippen molar-refractivity contribution in [3.63, 3.8) is 0 Å². The average Bonchev–Trinajstić information content (AvgIpc) is 3.04. The summed E-state index contributed by atoms with van der Waals surface area (Å²) in [5.41, 5.74) is 0.614. The number of carbonyl (C=O) groups excluding carboxylic acids is 1. The van der Waals surface area contributed by atoms with Crippen LogP contribution in [-0.4, -0.2) is 34.0 Å². The number of rotatable bonds is 5. The zero-order valence-electron chi connectivity index (χ0n) is 17.2. The van der Waals surface area contributed by atoms with Gasteiger partial charge in [-0.1, -0.05) is 17.7 Å². The summed E-state index contributed by atoms with van der Waals surface area (Å²) in [6, 6.07) is 16.4. The zero-order valence-corrected chi connectivity index (χ0v) is 22.0. The zero-order chi connectivity index (χ0) is 22.3. The van der Waals surface area contributed by atoms with E-state index in [-0.39, 0.29) is 64.8 Å². The van der Waals surface area contributed by atoms with Crippen LogP contribution in [-0.2, 0) is 14.7 Å². The first-order valence-corrected chi connectivity index (χ1v) is 9.26. The smallest absolute Gasteiger partial charge is 0.724 e. The first-order valence-electron chi connectivity index (χ1n) is 7.92. The van der Waals surface area contributed by atoms with E-state index in [0.717, 1.165) is 10.2 Å². The van der Waals surface area contributed by atoms with Crippen molar-refractivity contribution in [2.75, 3.05) is 0 Å². The SMILES string of the molecule is Cc1ccc(-n2[nH]c(C(=O)[O-])c(N=Nc3cc[c-]cc3)c2=O)cc1.O=S(=O)([O-])OO.[Na+].[Na+]. The maximum atomic E-state index is 12.5.